The number of halogens is 2. The minimum Gasteiger partial charge on any atom is -0.484 e. The third kappa shape index (κ3) is 3.39. The lowest BCUT2D eigenvalue weighted by atomic mass is 10.3. The van der Waals surface area contributed by atoms with Gasteiger partial charge in [0.1, 0.15) is 12.4 Å². The SMILES string of the molecule is COC(=O)c1cc(COc2ccc(Cl)cc2Cl)on1. The van der Waals surface area contributed by atoms with E-state index in [1.54, 1.807) is 18.2 Å². The molecule has 0 atom stereocenters. The Morgan fingerprint density at radius 2 is 2.16 bits per heavy atom. The summed E-state index contributed by atoms with van der Waals surface area (Å²) in [6, 6.07) is 6.31. The first-order chi connectivity index (χ1) is 9.10. The van der Waals surface area contributed by atoms with Crippen LogP contribution in [0, 0.1) is 0 Å². The van der Waals surface area contributed by atoms with E-state index in [4.69, 9.17) is 32.5 Å². The van der Waals surface area contributed by atoms with Crippen LogP contribution in [-0.4, -0.2) is 18.2 Å². The van der Waals surface area contributed by atoms with Gasteiger partial charge in [0.05, 0.1) is 12.1 Å². The second-order valence-corrected chi connectivity index (χ2v) is 4.38. The van der Waals surface area contributed by atoms with Gasteiger partial charge >= 0.3 is 5.97 Å². The van der Waals surface area contributed by atoms with Crippen LogP contribution in [0.3, 0.4) is 0 Å². The number of hydrogen-bond acceptors (Lipinski definition) is 5. The lowest BCUT2D eigenvalue weighted by molar-refractivity contribution is 0.0589. The maximum absolute atomic E-state index is 11.2. The van der Waals surface area contributed by atoms with Crippen LogP contribution in [-0.2, 0) is 11.3 Å². The smallest absolute Gasteiger partial charge is 0.360 e. The van der Waals surface area contributed by atoms with Crippen LogP contribution in [0.5, 0.6) is 5.75 Å². The second-order valence-electron chi connectivity index (χ2n) is 3.53. The summed E-state index contributed by atoms with van der Waals surface area (Å²) in [5, 5.41) is 4.46. The van der Waals surface area contributed by atoms with Crippen molar-refractivity contribution >= 4 is 29.2 Å². The summed E-state index contributed by atoms with van der Waals surface area (Å²) < 4.78 is 14.9. The van der Waals surface area contributed by atoms with Crippen molar-refractivity contribution in [3.05, 3.63) is 45.8 Å². The van der Waals surface area contributed by atoms with E-state index < -0.39 is 5.97 Å². The van der Waals surface area contributed by atoms with E-state index in [0.717, 1.165) is 0 Å². The van der Waals surface area contributed by atoms with Gasteiger partial charge in [0.25, 0.3) is 0 Å². The number of rotatable bonds is 4. The van der Waals surface area contributed by atoms with Gasteiger partial charge in [-0.15, -0.1) is 0 Å². The molecule has 0 saturated carbocycles. The first-order valence-corrected chi connectivity index (χ1v) is 5.97. The van der Waals surface area contributed by atoms with E-state index in [2.05, 4.69) is 9.89 Å². The average Bonchev–Trinajstić information content (AvgIpc) is 2.85. The first-order valence-electron chi connectivity index (χ1n) is 5.22. The summed E-state index contributed by atoms with van der Waals surface area (Å²) >= 11 is 11.7. The number of methoxy groups -OCH3 is 1. The Morgan fingerprint density at radius 3 is 2.84 bits per heavy atom. The molecule has 7 heteroatoms. The summed E-state index contributed by atoms with van der Waals surface area (Å²) in [7, 11) is 1.26. The van der Waals surface area contributed by atoms with Crippen LogP contribution in [0.2, 0.25) is 10.0 Å². The van der Waals surface area contributed by atoms with Gasteiger partial charge in [-0.2, -0.15) is 0 Å². The van der Waals surface area contributed by atoms with E-state index in [1.807, 2.05) is 0 Å². The third-order valence-electron chi connectivity index (χ3n) is 2.22. The quantitative estimate of drug-likeness (QED) is 0.810. The third-order valence-corrected chi connectivity index (χ3v) is 2.75. The Hall–Kier alpha value is -1.72. The van der Waals surface area contributed by atoms with Gasteiger partial charge in [0, 0.05) is 11.1 Å². The van der Waals surface area contributed by atoms with Crippen LogP contribution in [0.4, 0.5) is 0 Å². The van der Waals surface area contributed by atoms with Crippen molar-refractivity contribution in [2.45, 2.75) is 6.61 Å². The maximum Gasteiger partial charge on any atom is 0.360 e. The van der Waals surface area contributed by atoms with E-state index in [0.29, 0.717) is 21.6 Å². The molecule has 19 heavy (non-hydrogen) atoms. The fourth-order valence-corrected chi connectivity index (χ4v) is 1.79. The molecule has 0 aliphatic heterocycles. The molecule has 5 nitrogen and oxygen atoms in total. The Balaban J connectivity index is 2.02. The van der Waals surface area contributed by atoms with Crippen molar-refractivity contribution in [3.63, 3.8) is 0 Å². The monoisotopic (exact) mass is 301 g/mol. The molecule has 1 aromatic carbocycles. The van der Waals surface area contributed by atoms with E-state index in [9.17, 15) is 4.79 Å². The van der Waals surface area contributed by atoms with Gasteiger partial charge < -0.3 is 14.0 Å². The maximum atomic E-state index is 11.2. The highest BCUT2D eigenvalue weighted by Gasteiger charge is 2.13. The highest BCUT2D eigenvalue weighted by atomic mass is 35.5. The van der Waals surface area contributed by atoms with E-state index >= 15 is 0 Å². The molecule has 100 valence electrons. The molecular weight excluding hydrogens is 293 g/mol. The van der Waals surface area contributed by atoms with Crippen LogP contribution >= 0.6 is 23.2 Å². The van der Waals surface area contributed by atoms with Crippen molar-refractivity contribution in [1.29, 1.82) is 0 Å². The number of ether oxygens (including phenoxy) is 2. The molecule has 2 rings (SSSR count). The molecule has 0 N–H and O–H groups in total. The minimum atomic E-state index is -0.570. The summed E-state index contributed by atoms with van der Waals surface area (Å²) in [5.74, 6) is 0.271. The molecule has 1 aromatic heterocycles. The molecule has 0 fully saturated rings. The summed E-state index contributed by atoms with van der Waals surface area (Å²) in [4.78, 5) is 11.2. The predicted molar refractivity (Wildman–Crippen MR) is 68.6 cm³/mol. The molecule has 2 aromatic rings. The Kier molecular flexibility index (Phi) is 4.29. The molecule has 0 aliphatic carbocycles. The highest BCUT2D eigenvalue weighted by molar-refractivity contribution is 6.35. The molecule has 0 saturated heterocycles. The fourth-order valence-electron chi connectivity index (χ4n) is 1.32. The highest BCUT2D eigenvalue weighted by Crippen LogP contribution is 2.28. The van der Waals surface area contributed by atoms with E-state index in [-0.39, 0.29) is 12.3 Å². The van der Waals surface area contributed by atoms with Crippen LogP contribution < -0.4 is 4.74 Å². The van der Waals surface area contributed by atoms with Crippen LogP contribution in [0.25, 0.3) is 0 Å². The average molecular weight is 302 g/mol. The first kappa shape index (κ1) is 13.7. The van der Waals surface area contributed by atoms with Crippen molar-refractivity contribution < 1.29 is 18.8 Å². The summed E-state index contributed by atoms with van der Waals surface area (Å²) in [6.45, 7) is 0.0886. The largest absolute Gasteiger partial charge is 0.484 e. The number of esters is 1. The molecule has 0 spiro atoms. The Labute approximate surface area is 119 Å². The Bertz CT molecular complexity index is 597. The number of aromatic nitrogens is 1. The van der Waals surface area contributed by atoms with Gasteiger partial charge in [-0.05, 0) is 18.2 Å². The van der Waals surface area contributed by atoms with Gasteiger partial charge in [-0.3, -0.25) is 0 Å². The Morgan fingerprint density at radius 1 is 1.37 bits per heavy atom. The molecule has 0 radical (unpaired) electrons. The second kappa shape index (κ2) is 5.95. The normalized spacial score (nSPS) is 10.3. The number of hydrogen-bond donors (Lipinski definition) is 0. The molecular formula is C12H9Cl2NO4. The minimum absolute atomic E-state index is 0.0864. The lowest BCUT2D eigenvalue weighted by Gasteiger charge is -2.05. The topological polar surface area (TPSA) is 61.6 Å². The van der Waals surface area contributed by atoms with Crippen LogP contribution in [0.15, 0.2) is 28.8 Å². The zero-order chi connectivity index (χ0) is 13.8. The van der Waals surface area contributed by atoms with Crippen molar-refractivity contribution in [2.24, 2.45) is 0 Å². The molecule has 0 amide bonds. The van der Waals surface area contributed by atoms with Crippen molar-refractivity contribution in [2.75, 3.05) is 7.11 Å². The molecule has 1 heterocycles. The van der Waals surface area contributed by atoms with E-state index in [1.165, 1.54) is 13.2 Å². The molecule has 0 aliphatic rings. The number of nitrogens with zero attached hydrogens (tertiary/aromatic N) is 1. The zero-order valence-electron chi connectivity index (χ0n) is 9.85. The summed E-state index contributed by atoms with van der Waals surface area (Å²) in [6.07, 6.45) is 0. The summed E-state index contributed by atoms with van der Waals surface area (Å²) in [5.41, 5.74) is 0.0864. The number of carbonyl (C=O) groups excluding carboxylic acids is 1. The van der Waals surface area contributed by atoms with Gasteiger partial charge in [0.15, 0.2) is 11.5 Å². The van der Waals surface area contributed by atoms with Gasteiger partial charge in [-0.1, -0.05) is 28.4 Å². The molecule has 0 bridgehead atoms. The zero-order valence-corrected chi connectivity index (χ0v) is 11.4. The van der Waals surface area contributed by atoms with Gasteiger partial charge in [-0.25, -0.2) is 4.79 Å². The molecule has 0 unspecified atom stereocenters. The van der Waals surface area contributed by atoms with Crippen molar-refractivity contribution in [1.82, 2.24) is 5.16 Å². The predicted octanol–water partition coefficient (Wildman–Crippen LogP) is 3.35. The lowest BCUT2D eigenvalue weighted by Crippen LogP contribution is -2.00. The van der Waals surface area contributed by atoms with Crippen molar-refractivity contribution in [3.8, 4) is 5.75 Å². The number of carbonyl (C=O) groups is 1. The van der Waals surface area contributed by atoms with Crippen LogP contribution in [0.1, 0.15) is 16.2 Å². The van der Waals surface area contributed by atoms with Gasteiger partial charge in [0.2, 0.25) is 0 Å². The number of benzene rings is 1. The fraction of sp³-hybridized carbons (Fsp3) is 0.167. The standard InChI is InChI=1S/C12H9Cl2NO4/c1-17-12(16)10-5-8(19-15-10)6-18-11-3-2-7(13)4-9(11)14/h2-5H,6H2,1H3.